The maximum atomic E-state index is 12.3. The van der Waals surface area contributed by atoms with Crippen molar-refractivity contribution in [1.29, 1.82) is 0 Å². The average molecular weight is 350 g/mol. The van der Waals surface area contributed by atoms with Crippen LogP contribution in [0, 0.1) is 0 Å². The van der Waals surface area contributed by atoms with Gasteiger partial charge in [0, 0.05) is 30.3 Å². The van der Waals surface area contributed by atoms with E-state index in [9.17, 15) is 4.57 Å². The van der Waals surface area contributed by atoms with E-state index in [1.807, 2.05) is 4.67 Å². The number of halogens is 2. The van der Waals surface area contributed by atoms with E-state index in [1.165, 1.54) is 0 Å². The first-order chi connectivity index (χ1) is 6.73. The van der Waals surface area contributed by atoms with Crippen LogP contribution in [-0.2, 0) is 9.09 Å². The standard InChI is InChI=1S/C7H15Br2N2O2P/c8-2-4-10-14(12)11(6-3-9)5-1-7-13-14/h1-7H2,(H,10,12). The van der Waals surface area contributed by atoms with Crippen LogP contribution in [-0.4, -0.2) is 41.6 Å². The maximum absolute atomic E-state index is 12.3. The van der Waals surface area contributed by atoms with Gasteiger partial charge in [-0.3, -0.25) is 4.57 Å². The van der Waals surface area contributed by atoms with Gasteiger partial charge >= 0.3 is 7.67 Å². The van der Waals surface area contributed by atoms with E-state index in [0.29, 0.717) is 13.2 Å². The van der Waals surface area contributed by atoms with Gasteiger partial charge in [0.1, 0.15) is 0 Å². The van der Waals surface area contributed by atoms with E-state index in [0.717, 1.165) is 30.2 Å². The minimum atomic E-state index is -2.73. The van der Waals surface area contributed by atoms with Crippen molar-refractivity contribution < 1.29 is 9.09 Å². The molecule has 1 unspecified atom stereocenters. The highest BCUT2D eigenvalue weighted by molar-refractivity contribution is 9.09. The Morgan fingerprint density at radius 3 is 2.86 bits per heavy atom. The Hall–Kier alpha value is 1.07. The van der Waals surface area contributed by atoms with Crippen molar-refractivity contribution in [1.82, 2.24) is 9.76 Å². The van der Waals surface area contributed by atoms with Crippen molar-refractivity contribution >= 4 is 39.5 Å². The topological polar surface area (TPSA) is 41.6 Å². The van der Waals surface area contributed by atoms with E-state index < -0.39 is 7.67 Å². The molecule has 0 aromatic rings. The summed E-state index contributed by atoms with van der Waals surface area (Å²) >= 11 is 6.64. The maximum Gasteiger partial charge on any atom is 0.343 e. The van der Waals surface area contributed by atoms with E-state index in [2.05, 4.69) is 36.9 Å². The normalized spacial score (nSPS) is 29.3. The highest BCUT2D eigenvalue weighted by atomic mass is 79.9. The van der Waals surface area contributed by atoms with Gasteiger partial charge in [-0.25, -0.2) is 9.76 Å². The minimum absolute atomic E-state index is 0.589. The van der Waals surface area contributed by atoms with Crippen LogP contribution < -0.4 is 5.09 Å². The fraction of sp³-hybridized carbons (Fsp3) is 1.00. The van der Waals surface area contributed by atoms with Crippen LogP contribution in [0.25, 0.3) is 0 Å². The van der Waals surface area contributed by atoms with E-state index >= 15 is 0 Å². The molecule has 0 spiro atoms. The number of rotatable bonds is 5. The third-order valence-electron chi connectivity index (χ3n) is 1.95. The molecule has 1 fully saturated rings. The molecule has 4 nitrogen and oxygen atoms in total. The molecule has 0 aromatic heterocycles. The molecule has 1 aliphatic heterocycles. The summed E-state index contributed by atoms with van der Waals surface area (Å²) in [6.07, 6.45) is 0.951. The van der Waals surface area contributed by atoms with Crippen LogP contribution in [0.5, 0.6) is 0 Å². The lowest BCUT2D eigenvalue weighted by atomic mass is 10.4. The Morgan fingerprint density at radius 2 is 2.21 bits per heavy atom. The summed E-state index contributed by atoms with van der Waals surface area (Å²) in [7, 11) is -2.73. The minimum Gasteiger partial charge on any atom is -0.306 e. The fourth-order valence-electron chi connectivity index (χ4n) is 1.32. The molecule has 0 aromatic carbocycles. The lowest BCUT2D eigenvalue weighted by Crippen LogP contribution is -2.36. The summed E-state index contributed by atoms with van der Waals surface area (Å²) in [6, 6.07) is 0. The first kappa shape index (κ1) is 13.1. The predicted molar refractivity (Wildman–Crippen MR) is 65.3 cm³/mol. The molecule has 14 heavy (non-hydrogen) atoms. The highest BCUT2D eigenvalue weighted by Crippen LogP contribution is 2.48. The number of hydrogen-bond acceptors (Lipinski definition) is 2. The molecule has 1 aliphatic rings. The molecule has 7 heteroatoms. The van der Waals surface area contributed by atoms with Crippen LogP contribution in [0.15, 0.2) is 0 Å². The van der Waals surface area contributed by atoms with Gasteiger partial charge in [0.15, 0.2) is 0 Å². The van der Waals surface area contributed by atoms with Crippen molar-refractivity contribution in [2.75, 3.05) is 36.9 Å². The largest absolute Gasteiger partial charge is 0.343 e. The molecule has 0 radical (unpaired) electrons. The van der Waals surface area contributed by atoms with Crippen molar-refractivity contribution in [3.63, 3.8) is 0 Å². The molecule has 0 saturated carbocycles. The molecule has 1 rings (SSSR count). The second-order valence-electron chi connectivity index (χ2n) is 2.95. The molecule has 84 valence electrons. The number of nitrogens with zero attached hydrogens (tertiary/aromatic N) is 1. The molecule has 1 saturated heterocycles. The van der Waals surface area contributed by atoms with Crippen molar-refractivity contribution in [2.24, 2.45) is 0 Å². The lowest BCUT2D eigenvalue weighted by Gasteiger charge is -2.34. The summed E-state index contributed by atoms with van der Waals surface area (Å²) in [4.78, 5) is 0. The fourth-order valence-corrected chi connectivity index (χ4v) is 4.52. The van der Waals surface area contributed by atoms with Crippen LogP contribution in [0.3, 0.4) is 0 Å². The third-order valence-corrected chi connectivity index (χ3v) is 5.00. The molecule has 0 bridgehead atoms. The number of alkyl halides is 2. The zero-order valence-electron chi connectivity index (χ0n) is 7.92. The molecule has 1 atom stereocenters. The summed E-state index contributed by atoms with van der Waals surface area (Å²) in [5.74, 6) is 0. The first-order valence-corrected chi connectivity index (χ1v) is 8.42. The second-order valence-corrected chi connectivity index (χ2v) is 6.71. The summed E-state index contributed by atoms with van der Waals surface area (Å²) in [5, 5.41) is 4.57. The third kappa shape index (κ3) is 3.58. The quantitative estimate of drug-likeness (QED) is 0.610. The van der Waals surface area contributed by atoms with Crippen LogP contribution in [0.2, 0.25) is 0 Å². The zero-order valence-corrected chi connectivity index (χ0v) is 12.0. The average Bonchev–Trinajstić information content (AvgIpc) is 2.19. The first-order valence-electron chi connectivity index (χ1n) is 4.60. The Balaban J connectivity index is 2.55. The Bertz CT molecular complexity index is 216. The SMILES string of the molecule is O=P1(NCCBr)OCCCN1CCBr. The number of hydrogen-bond donors (Lipinski definition) is 1. The molecular weight excluding hydrogens is 335 g/mol. The molecule has 1 heterocycles. The Kier molecular flexibility index (Phi) is 6.20. The Labute approximate surface area is 102 Å². The zero-order chi connectivity index (χ0) is 10.4. The van der Waals surface area contributed by atoms with Gasteiger partial charge in [0.25, 0.3) is 0 Å². The number of nitrogens with one attached hydrogen (secondary N) is 1. The molecular formula is C7H15Br2N2O2P. The van der Waals surface area contributed by atoms with Crippen LogP contribution in [0.4, 0.5) is 0 Å². The smallest absolute Gasteiger partial charge is 0.306 e. The predicted octanol–water partition coefficient (Wildman–Crippen LogP) is 2.20. The van der Waals surface area contributed by atoms with Crippen molar-refractivity contribution in [3.8, 4) is 0 Å². The van der Waals surface area contributed by atoms with Gasteiger partial charge in [-0.1, -0.05) is 31.9 Å². The Morgan fingerprint density at radius 1 is 1.43 bits per heavy atom. The second kappa shape index (κ2) is 6.61. The summed E-state index contributed by atoms with van der Waals surface area (Å²) < 4.78 is 19.5. The molecule has 1 N–H and O–H groups in total. The van der Waals surface area contributed by atoms with Gasteiger partial charge in [-0.05, 0) is 6.42 Å². The van der Waals surface area contributed by atoms with Crippen molar-refractivity contribution in [2.45, 2.75) is 6.42 Å². The molecule has 0 amide bonds. The summed E-state index contributed by atoms with van der Waals surface area (Å²) in [6.45, 7) is 2.85. The van der Waals surface area contributed by atoms with Gasteiger partial charge < -0.3 is 4.52 Å². The van der Waals surface area contributed by atoms with Crippen LogP contribution in [0.1, 0.15) is 6.42 Å². The van der Waals surface area contributed by atoms with Crippen molar-refractivity contribution in [3.05, 3.63) is 0 Å². The lowest BCUT2D eigenvalue weighted by molar-refractivity contribution is 0.204. The van der Waals surface area contributed by atoms with E-state index in [4.69, 9.17) is 4.52 Å². The highest BCUT2D eigenvalue weighted by Gasteiger charge is 2.33. The van der Waals surface area contributed by atoms with Gasteiger partial charge in [-0.15, -0.1) is 0 Å². The monoisotopic (exact) mass is 348 g/mol. The van der Waals surface area contributed by atoms with Gasteiger partial charge in [-0.2, -0.15) is 0 Å². The van der Waals surface area contributed by atoms with Gasteiger partial charge in [0.05, 0.1) is 6.61 Å². The van der Waals surface area contributed by atoms with E-state index in [-0.39, 0.29) is 0 Å². The van der Waals surface area contributed by atoms with E-state index in [1.54, 1.807) is 0 Å². The van der Waals surface area contributed by atoms with Gasteiger partial charge in [0.2, 0.25) is 0 Å². The molecule has 0 aliphatic carbocycles. The summed E-state index contributed by atoms with van der Waals surface area (Å²) in [5.41, 5.74) is 0. The van der Waals surface area contributed by atoms with Crippen LogP contribution >= 0.6 is 39.5 Å².